The molecular weight excluding hydrogens is 345 g/mol. The van der Waals surface area contributed by atoms with Crippen molar-refractivity contribution in [3.63, 3.8) is 0 Å². The predicted octanol–water partition coefficient (Wildman–Crippen LogP) is 4.17. The second kappa shape index (κ2) is 7.42. The van der Waals surface area contributed by atoms with Gasteiger partial charge in [0.15, 0.2) is 0 Å². The van der Waals surface area contributed by atoms with E-state index in [1.165, 1.54) is 19.2 Å². The first-order valence-electron chi connectivity index (χ1n) is 8.04. The standard InChI is InChI=1S/C19H19ClFNO3/c1-24-17-7-6-15(12-16(17)20)22-18(23)19(8-10-25-11-9-19)13-2-4-14(21)5-3-13/h2-7,12H,8-11H2,1H3,(H,22,23). The third-order valence-corrected chi connectivity index (χ3v) is 4.88. The first-order valence-corrected chi connectivity index (χ1v) is 8.42. The number of benzene rings is 2. The lowest BCUT2D eigenvalue weighted by atomic mass is 9.73. The van der Waals surface area contributed by atoms with E-state index in [1.54, 1.807) is 30.3 Å². The lowest BCUT2D eigenvalue weighted by Crippen LogP contribution is -2.44. The molecule has 0 radical (unpaired) electrons. The highest BCUT2D eigenvalue weighted by Gasteiger charge is 2.41. The van der Waals surface area contributed by atoms with Gasteiger partial charge in [0, 0.05) is 18.9 Å². The van der Waals surface area contributed by atoms with E-state index in [1.807, 2.05) is 0 Å². The SMILES string of the molecule is COc1ccc(NC(=O)C2(c3ccc(F)cc3)CCOCC2)cc1Cl. The van der Waals surface area contributed by atoms with Crippen LogP contribution in [0.5, 0.6) is 5.75 Å². The highest BCUT2D eigenvalue weighted by Crippen LogP contribution is 2.37. The van der Waals surface area contributed by atoms with E-state index >= 15 is 0 Å². The number of carbonyl (C=O) groups excluding carboxylic acids is 1. The molecule has 1 N–H and O–H groups in total. The number of hydrogen-bond donors (Lipinski definition) is 1. The zero-order chi connectivity index (χ0) is 17.9. The Kier molecular flexibility index (Phi) is 5.25. The number of nitrogens with one attached hydrogen (secondary N) is 1. The zero-order valence-corrected chi connectivity index (χ0v) is 14.6. The monoisotopic (exact) mass is 363 g/mol. The Morgan fingerprint density at radius 1 is 1.20 bits per heavy atom. The lowest BCUT2D eigenvalue weighted by molar-refractivity contribution is -0.125. The van der Waals surface area contributed by atoms with Gasteiger partial charge in [-0.3, -0.25) is 4.79 Å². The van der Waals surface area contributed by atoms with Crippen LogP contribution >= 0.6 is 11.6 Å². The lowest BCUT2D eigenvalue weighted by Gasteiger charge is -2.36. The molecule has 1 heterocycles. The topological polar surface area (TPSA) is 47.6 Å². The van der Waals surface area contributed by atoms with Gasteiger partial charge in [-0.05, 0) is 48.7 Å². The first-order chi connectivity index (χ1) is 12.0. The number of halogens is 2. The van der Waals surface area contributed by atoms with Gasteiger partial charge >= 0.3 is 0 Å². The summed E-state index contributed by atoms with van der Waals surface area (Å²) in [5.41, 5.74) is 0.622. The summed E-state index contributed by atoms with van der Waals surface area (Å²) in [5.74, 6) is 0.0657. The van der Waals surface area contributed by atoms with Crippen LogP contribution in [-0.2, 0) is 14.9 Å². The number of rotatable bonds is 4. The number of carbonyl (C=O) groups is 1. The third kappa shape index (κ3) is 3.62. The molecule has 0 aliphatic carbocycles. The number of amides is 1. The van der Waals surface area contributed by atoms with Gasteiger partial charge in [0.2, 0.25) is 5.91 Å². The number of anilines is 1. The van der Waals surface area contributed by atoms with Crippen LogP contribution in [0.25, 0.3) is 0 Å². The molecule has 1 saturated heterocycles. The van der Waals surface area contributed by atoms with Gasteiger partial charge in [-0.25, -0.2) is 4.39 Å². The smallest absolute Gasteiger partial charge is 0.235 e. The van der Waals surface area contributed by atoms with Gasteiger partial charge in [0.1, 0.15) is 11.6 Å². The summed E-state index contributed by atoms with van der Waals surface area (Å²) in [5, 5.41) is 3.35. The fourth-order valence-corrected chi connectivity index (χ4v) is 3.39. The molecule has 1 amide bonds. The fraction of sp³-hybridized carbons (Fsp3) is 0.316. The molecule has 4 nitrogen and oxygen atoms in total. The van der Waals surface area contributed by atoms with Crippen molar-refractivity contribution < 1.29 is 18.7 Å². The van der Waals surface area contributed by atoms with E-state index in [9.17, 15) is 9.18 Å². The molecule has 132 valence electrons. The predicted molar refractivity (Wildman–Crippen MR) is 94.8 cm³/mol. The summed E-state index contributed by atoms with van der Waals surface area (Å²) in [6.07, 6.45) is 1.07. The molecule has 1 fully saturated rings. The highest BCUT2D eigenvalue weighted by molar-refractivity contribution is 6.32. The van der Waals surface area contributed by atoms with E-state index in [2.05, 4.69) is 5.32 Å². The number of ether oxygens (including phenoxy) is 2. The van der Waals surface area contributed by atoms with Crippen molar-refractivity contribution in [1.82, 2.24) is 0 Å². The van der Waals surface area contributed by atoms with Gasteiger partial charge in [0.05, 0.1) is 17.5 Å². The molecule has 0 saturated carbocycles. The summed E-state index contributed by atoms with van der Waals surface area (Å²) < 4.78 is 23.8. The van der Waals surface area contributed by atoms with Gasteiger partial charge in [-0.15, -0.1) is 0 Å². The van der Waals surface area contributed by atoms with Crippen molar-refractivity contribution in [3.8, 4) is 5.75 Å². The van der Waals surface area contributed by atoms with Crippen LogP contribution in [0.2, 0.25) is 5.02 Å². The van der Waals surface area contributed by atoms with E-state index < -0.39 is 5.41 Å². The van der Waals surface area contributed by atoms with Crippen molar-refractivity contribution in [2.24, 2.45) is 0 Å². The molecule has 6 heteroatoms. The molecule has 25 heavy (non-hydrogen) atoms. The number of methoxy groups -OCH3 is 1. The summed E-state index contributed by atoms with van der Waals surface area (Å²) in [4.78, 5) is 13.1. The van der Waals surface area contributed by atoms with Crippen molar-refractivity contribution in [2.75, 3.05) is 25.6 Å². The van der Waals surface area contributed by atoms with Gasteiger partial charge in [-0.2, -0.15) is 0 Å². The Bertz CT molecular complexity index is 758. The fourth-order valence-electron chi connectivity index (χ4n) is 3.13. The third-order valence-electron chi connectivity index (χ3n) is 4.59. The zero-order valence-electron chi connectivity index (χ0n) is 13.9. The quantitative estimate of drug-likeness (QED) is 0.886. The summed E-state index contributed by atoms with van der Waals surface area (Å²) >= 11 is 6.13. The second-order valence-electron chi connectivity index (χ2n) is 6.00. The first kappa shape index (κ1) is 17.7. The Morgan fingerprint density at radius 2 is 1.88 bits per heavy atom. The Balaban J connectivity index is 1.89. The van der Waals surface area contributed by atoms with Crippen LogP contribution in [0.4, 0.5) is 10.1 Å². The van der Waals surface area contributed by atoms with E-state index in [0.717, 1.165) is 5.56 Å². The van der Waals surface area contributed by atoms with E-state index in [-0.39, 0.29) is 11.7 Å². The summed E-state index contributed by atoms with van der Waals surface area (Å²) in [6, 6.07) is 11.2. The van der Waals surface area contributed by atoms with Crippen LogP contribution in [0.3, 0.4) is 0 Å². The van der Waals surface area contributed by atoms with Crippen molar-refractivity contribution in [2.45, 2.75) is 18.3 Å². The molecule has 0 aromatic heterocycles. The molecule has 1 aliphatic rings. The maximum atomic E-state index is 13.3. The minimum atomic E-state index is -0.752. The minimum absolute atomic E-state index is 0.149. The Hall–Kier alpha value is -2.11. The summed E-state index contributed by atoms with van der Waals surface area (Å²) in [7, 11) is 1.53. The molecular formula is C19H19ClFNO3. The van der Waals surface area contributed by atoms with Gasteiger partial charge in [-0.1, -0.05) is 23.7 Å². The minimum Gasteiger partial charge on any atom is -0.495 e. The number of hydrogen-bond acceptors (Lipinski definition) is 3. The van der Waals surface area contributed by atoms with Crippen LogP contribution in [0.1, 0.15) is 18.4 Å². The van der Waals surface area contributed by atoms with Gasteiger partial charge < -0.3 is 14.8 Å². The van der Waals surface area contributed by atoms with E-state index in [0.29, 0.717) is 42.5 Å². The molecule has 0 unspecified atom stereocenters. The molecule has 3 rings (SSSR count). The summed E-state index contributed by atoms with van der Waals surface area (Å²) in [6.45, 7) is 0.961. The molecule has 2 aromatic carbocycles. The van der Waals surface area contributed by atoms with Crippen LogP contribution < -0.4 is 10.1 Å². The maximum absolute atomic E-state index is 13.3. The van der Waals surface area contributed by atoms with Crippen molar-refractivity contribution >= 4 is 23.2 Å². The average Bonchev–Trinajstić information content (AvgIpc) is 2.63. The average molecular weight is 364 g/mol. The Labute approximate surface area is 150 Å². The van der Waals surface area contributed by atoms with Gasteiger partial charge in [0.25, 0.3) is 0 Å². The molecule has 0 bridgehead atoms. The maximum Gasteiger partial charge on any atom is 0.235 e. The second-order valence-corrected chi connectivity index (χ2v) is 6.41. The highest BCUT2D eigenvalue weighted by atomic mass is 35.5. The Morgan fingerprint density at radius 3 is 2.48 bits per heavy atom. The molecule has 0 atom stereocenters. The largest absolute Gasteiger partial charge is 0.495 e. The molecule has 1 aliphatic heterocycles. The van der Waals surface area contributed by atoms with Crippen LogP contribution in [0.15, 0.2) is 42.5 Å². The molecule has 0 spiro atoms. The van der Waals surface area contributed by atoms with Crippen LogP contribution in [-0.4, -0.2) is 26.2 Å². The van der Waals surface area contributed by atoms with Crippen molar-refractivity contribution in [3.05, 3.63) is 58.9 Å². The molecule has 2 aromatic rings. The normalized spacial score (nSPS) is 16.3. The van der Waals surface area contributed by atoms with Crippen molar-refractivity contribution in [1.29, 1.82) is 0 Å². The van der Waals surface area contributed by atoms with E-state index in [4.69, 9.17) is 21.1 Å². The van der Waals surface area contributed by atoms with Crippen LogP contribution in [0, 0.1) is 5.82 Å².